The maximum atomic E-state index is 5.79. The van der Waals surface area contributed by atoms with Gasteiger partial charge in [-0.05, 0) is 42.9 Å². The second-order valence-corrected chi connectivity index (χ2v) is 13.2. The van der Waals surface area contributed by atoms with Gasteiger partial charge in [-0.3, -0.25) is 0 Å². The standard InChI is InChI=1S/C32H43N2O.Ru/c1-18-14-15-22-25(19(18)2)33-21(4)34-26-20(3)24(35-13)17-16-23(26)30(7,8)32(11,12)28(34)27(33)31(9,10)29(22,5)6;/h14-16,21H,1-13H3;/q-1;+1/t21-;/m0./s1. The maximum Gasteiger partial charge on any atom is 1.00 e. The van der Waals surface area contributed by atoms with E-state index in [1.54, 1.807) is 7.11 Å². The Kier molecular flexibility index (Phi) is 5.95. The molecule has 0 aromatic heterocycles. The topological polar surface area (TPSA) is 15.7 Å². The molecule has 195 valence electrons. The van der Waals surface area contributed by atoms with Crippen LogP contribution in [0.15, 0.2) is 29.6 Å². The van der Waals surface area contributed by atoms with E-state index in [4.69, 9.17) is 4.74 Å². The van der Waals surface area contributed by atoms with E-state index in [0.717, 1.165) is 5.75 Å². The van der Waals surface area contributed by atoms with Crippen molar-refractivity contribution in [2.75, 3.05) is 16.9 Å². The van der Waals surface area contributed by atoms with Crippen LogP contribution in [-0.2, 0) is 30.3 Å². The third-order valence-electron chi connectivity index (χ3n) is 10.8. The number of hydrogen-bond acceptors (Lipinski definition) is 3. The minimum absolute atomic E-state index is 0. The van der Waals surface area contributed by atoms with Crippen LogP contribution in [0.5, 0.6) is 5.75 Å². The van der Waals surface area contributed by atoms with Gasteiger partial charge in [0.25, 0.3) is 0 Å². The van der Waals surface area contributed by atoms with Gasteiger partial charge in [-0.15, -0.1) is 11.6 Å². The van der Waals surface area contributed by atoms with Gasteiger partial charge in [0.05, 0.1) is 7.11 Å². The number of allylic oxidation sites excluding steroid dienone is 2. The molecule has 36 heavy (non-hydrogen) atoms. The molecule has 0 N–H and O–H groups in total. The van der Waals surface area contributed by atoms with Crippen LogP contribution in [0.25, 0.3) is 0 Å². The van der Waals surface area contributed by atoms with E-state index >= 15 is 0 Å². The van der Waals surface area contributed by atoms with Gasteiger partial charge in [-0.1, -0.05) is 85.7 Å². The summed E-state index contributed by atoms with van der Waals surface area (Å²) >= 11 is 0. The maximum absolute atomic E-state index is 5.79. The van der Waals surface area contributed by atoms with Crippen molar-refractivity contribution < 1.29 is 24.2 Å². The molecule has 0 unspecified atom stereocenters. The van der Waals surface area contributed by atoms with Gasteiger partial charge >= 0.3 is 19.5 Å². The first-order valence-corrected chi connectivity index (χ1v) is 13.1. The average Bonchev–Trinajstić information content (AvgIpc) is 3.07. The molecule has 1 atom stereocenters. The van der Waals surface area contributed by atoms with Crippen LogP contribution in [0.3, 0.4) is 0 Å². The molecule has 0 fully saturated rings. The predicted molar refractivity (Wildman–Crippen MR) is 148 cm³/mol. The molecular formula is C32H43N2ORu. The molecule has 2 aromatic rings. The zero-order valence-electron chi connectivity index (χ0n) is 24.5. The quantitative estimate of drug-likeness (QED) is 0.255. The molecule has 0 saturated heterocycles. The van der Waals surface area contributed by atoms with Crippen LogP contribution in [0, 0.1) is 37.7 Å². The van der Waals surface area contributed by atoms with Crippen molar-refractivity contribution in [3.63, 3.8) is 0 Å². The van der Waals surface area contributed by atoms with Gasteiger partial charge in [0.1, 0.15) is 6.17 Å². The van der Waals surface area contributed by atoms with E-state index < -0.39 is 0 Å². The van der Waals surface area contributed by atoms with E-state index in [0.29, 0.717) is 0 Å². The minimum atomic E-state index is -0.0875. The summed E-state index contributed by atoms with van der Waals surface area (Å²) in [4.78, 5) is 5.34. The van der Waals surface area contributed by atoms with Crippen LogP contribution in [0.4, 0.5) is 11.4 Å². The Morgan fingerprint density at radius 2 is 1.19 bits per heavy atom. The molecule has 0 spiro atoms. The molecular weight excluding hydrogens is 529 g/mol. The SMILES string of the molecule is COc1[c-]cc2c(c1C)N1C(=C3N(c4c(ccc(C)c4C)C(C)(C)C3(C)C)[C@@H]1C)C(C)(C)C2(C)C.[Ru+]. The number of benzene rings is 2. The van der Waals surface area contributed by atoms with Crippen LogP contribution in [0.2, 0.25) is 0 Å². The van der Waals surface area contributed by atoms with Crippen LogP contribution in [0.1, 0.15) is 90.1 Å². The van der Waals surface area contributed by atoms with Crippen molar-refractivity contribution in [1.82, 2.24) is 0 Å². The van der Waals surface area contributed by atoms with Crippen LogP contribution in [-0.4, -0.2) is 13.3 Å². The predicted octanol–water partition coefficient (Wildman–Crippen LogP) is 7.94. The number of nitrogens with zero attached hydrogens (tertiary/aromatic N) is 2. The molecule has 3 nitrogen and oxygen atoms in total. The zero-order chi connectivity index (χ0) is 26.0. The summed E-state index contributed by atoms with van der Waals surface area (Å²) in [6.07, 6.45) is 0.162. The van der Waals surface area contributed by atoms with Crippen LogP contribution < -0.4 is 14.5 Å². The normalized spacial score (nSPS) is 23.9. The summed E-state index contributed by atoms with van der Waals surface area (Å²) in [7, 11) is 1.76. The largest absolute Gasteiger partial charge is 1.00 e. The van der Waals surface area contributed by atoms with E-state index in [2.05, 4.69) is 117 Å². The molecule has 3 aliphatic heterocycles. The first-order valence-electron chi connectivity index (χ1n) is 13.1. The van der Waals surface area contributed by atoms with Crippen molar-refractivity contribution in [2.24, 2.45) is 10.8 Å². The number of hydrogen-bond donors (Lipinski definition) is 0. The summed E-state index contributed by atoms with van der Waals surface area (Å²) in [5, 5.41) is 0. The number of rotatable bonds is 1. The van der Waals surface area contributed by atoms with E-state index in [9.17, 15) is 0 Å². The Hall–Kier alpha value is -1.80. The summed E-state index contributed by atoms with van der Waals surface area (Å²) in [6.45, 7) is 28.7. The molecule has 0 aliphatic carbocycles. The Morgan fingerprint density at radius 1 is 0.722 bits per heavy atom. The first-order chi connectivity index (χ1) is 16.0. The molecule has 0 bridgehead atoms. The van der Waals surface area contributed by atoms with Gasteiger partial charge in [0.2, 0.25) is 0 Å². The second kappa shape index (κ2) is 7.86. The third-order valence-corrected chi connectivity index (χ3v) is 10.8. The molecule has 0 amide bonds. The number of ether oxygens (including phenoxy) is 1. The Bertz CT molecular complexity index is 1300. The van der Waals surface area contributed by atoms with Gasteiger partial charge in [0.15, 0.2) is 0 Å². The van der Waals surface area contributed by atoms with Gasteiger partial charge < -0.3 is 14.5 Å². The third kappa shape index (κ3) is 2.89. The van der Waals surface area contributed by atoms with E-state index in [1.807, 2.05) is 0 Å². The van der Waals surface area contributed by atoms with Crippen molar-refractivity contribution in [3.05, 3.63) is 63.5 Å². The fourth-order valence-electron chi connectivity index (χ4n) is 7.01. The molecule has 3 heterocycles. The molecule has 5 rings (SSSR count). The number of fused-ring (bicyclic) bond motifs is 6. The smallest absolute Gasteiger partial charge is 0.522 e. The molecule has 2 aromatic carbocycles. The van der Waals surface area contributed by atoms with Crippen LogP contribution >= 0.6 is 0 Å². The zero-order valence-corrected chi connectivity index (χ0v) is 26.2. The summed E-state index contributed by atoms with van der Waals surface area (Å²) in [5.41, 5.74) is 12.1. The van der Waals surface area contributed by atoms with Crippen molar-refractivity contribution in [2.45, 2.75) is 100 Å². The van der Waals surface area contributed by atoms with Crippen molar-refractivity contribution >= 4 is 11.4 Å². The molecule has 3 aliphatic rings. The summed E-state index contributed by atoms with van der Waals surface area (Å²) < 4.78 is 5.79. The number of anilines is 2. The fraction of sp³-hybridized carbons (Fsp3) is 0.562. The minimum Gasteiger partial charge on any atom is -0.522 e. The molecule has 0 saturated carbocycles. The Morgan fingerprint density at radius 3 is 1.69 bits per heavy atom. The average molecular weight is 573 g/mol. The molecule has 4 heteroatoms. The van der Waals surface area contributed by atoms with Crippen molar-refractivity contribution in [3.8, 4) is 5.75 Å². The second-order valence-electron chi connectivity index (χ2n) is 13.2. The van der Waals surface area contributed by atoms with Gasteiger partial charge in [-0.25, -0.2) is 0 Å². The summed E-state index contributed by atoms with van der Waals surface area (Å²) in [5.74, 6) is 0.840. The Labute approximate surface area is 232 Å². The molecule has 1 radical (unpaired) electrons. The number of aryl methyl sites for hydroxylation is 1. The first kappa shape index (κ1) is 27.2. The van der Waals surface area contributed by atoms with Crippen molar-refractivity contribution in [1.29, 1.82) is 0 Å². The fourth-order valence-corrected chi connectivity index (χ4v) is 7.01. The number of methoxy groups -OCH3 is 1. The van der Waals surface area contributed by atoms with E-state index in [-0.39, 0.29) is 47.3 Å². The summed E-state index contributed by atoms with van der Waals surface area (Å²) in [6, 6.07) is 10.3. The van der Waals surface area contributed by atoms with E-state index in [1.165, 1.54) is 50.6 Å². The Balaban J connectivity index is 0.00000304. The monoisotopic (exact) mass is 573 g/mol. The van der Waals surface area contributed by atoms with Gasteiger partial charge in [-0.2, -0.15) is 6.07 Å². The van der Waals surface area contributed by atoms with Gasteiger partial charge in [0, 0.05) is 39.1 Å².